The van der Waals surface area contributed by atoms with Crippen LogP contribution in [-0.2, 0) is 5.60 Å². The van der Waals surface area contributed by atoms with Crippen molar-refractivity contribution in [1.82, 2.24) is 4.98 Å². The lowest BCUT2D eigenvalue weighted by atomic mass is 9.93. The molecule has 0 bridgehead atoms. The van der Waals surface area contributed by atoms with Gasteiger partial charge in [-0.1, -0.05) is 6.92 Å². The largest absolute Gasteiger partial charge is 0.495 e. The van der Waals surface area contributed by atoms with Crippen LogP contribution in [0.4, 0.5) is 0 Å². The van der Waals surface area contributed by atoms with Gasteiger partial charge in [0.2, 0.25) is 0 Å². The fourth-order valence-electron chi connectivity index (χ4n) is 1.86. The molecular weight excluding hydrogens is 210 g/mol. The number of pyridine rings is 1. The molecule has 0 aliphatic carbocycles. The van der Waals surface area contributed by atoms with Crippen LogP contribution in [0.2, 0.25) is 0 Å². The molecule has 1 aromatic heterocycles. The average molecular weight is 225 g/mol. The Labute approximate surface area is 93.9 Å². The highest BCUT2D eigenvalue weighted by molar-refractivity contribution is 8.00. The summed E-state index contributed by atoms with van der Waals surface area (Å²) in [6.07, 6.45) is 4.16. The van der Waals surface area contributed by atoms with E-state index in [1.807, 2.05) is 6.07 Å². The third-order valence-electron chi connectivity index (χ3n) is 2.72. The minimum Gasteiger partial charge on any atom is -0.495 e. The molecule has 1 aliphatic rings. The molecule has 0 radical (unpaired) electrons. The van der Waals surface area contributed by atoms with Crippen molar-refractivity contribution >= 4 is 11.8 Å². The first-order valence-electron chi connectivity index (χ1n) is 4.97. The summed E-state index contributed by atoms with van der Waals surface area (Å²) in [7, 11) is 1.61. The summed E-state index contributed by atoms with van der Waals surface area (Å²) < 4.78 is 5.11. The van der Waals surface area contributed by atoms with Gasteiger partial charge < -0.3 is 9.84 Å². The van der Waals surface area contributed by atoms with Crippen LogP contribution in [0.15, 0.2) is 18.5 Å². The van der Waals surface area contributed by atoms with Crippen LogP contribution in [0.5, 0.6) is 5.75 Å². The van der Waals surface area contributed by atoms with Crippen molar-refractivity contribution in [2.45, 2.75) is 24.2 Å². The van der Waals surface area contributed by atoms with Gasteiger partial charge in [-0.15, -0.1) is 0 Å². The minimum atomic E-state index is -0.731. The maximum Gasteiger partial charge on any atom is 0.137 e. The number of hydrogen-bond donors (Lipinski definition) is 1. The third-order valence-corrected chi connectivity index (χ3v) is 4.10. The van der Waals surface area contributed by atoms with Gasteiger partial charge in [0.05, 0.1) is 13.3 Å². The molecule has 2 unspecified atom stereocenters. The normalized spacial score (nSPS) is 30.5. The van der Waals surface area contributed by atoms with Crippen LogP contribution in [0.3, 0.4) is 0 Å². The first kappa shape index (κ1) is 10.8. The van der Waals surface area contributed by atoms with E-state index in [-0.39, 0.29) is 0 Å². The Hall–Kier alpha value is -0.740. The van der Waals surface area contributed by atoms with Crippen molar-refractivity contribution in [3.63, 3.8) is 0 Å². The van der Waals surface area contributed by atoms with Crippen molar-refractivity contribution in [3.8, 4) is 5.75 Å². The van der Waals surface area contributed by atoms with E-state index in [4.69, 9.17) is 4.74 Å². The lowest BCUT2D eigenvalue weighted by Crippen LogP contribution is -2.25. The molecule has 1 saturated heterocycles. The van der Waals surface area contributed by atoms with Crippen LogP contribution in [-0.4, -0.2) is 28.2 Å². The number of rotatable bonds is 2. The van der Waals surface area contributed by atoms with Gasteiger partial charge in [-0.25, -0.2) is 0 Å². The standard InChI is InChI=1S/C11H15NO2S/c1-8-4-11(13,7-15-8)9-3-10(14-2)6-12-5-9/h3,5-6,8,13H,4,7H2,1-2H3. The van der Waals surface area contributed by atoms with Gasteiger partial charge in [-0.05, 0) is 12.5 Å². The van der Waals surface area contributed by atoms with E-state index in [1.54, 1.807) is 31.3 Å². The molecule has 3 nitrogen and oxygen atoms in total. The highest BCUT2D eigenvalue weighted by atomic mass is 32.2. The van der Waals surface area contributed by atoms with E-state index in [0.29, 0.717) is 11.0 Å². The Morgan fingerprint density at radius 3 is 3.00 bits per heavy atom. The van der Waals surface area contributed by atoms with Gasteiger partial charge in [0.1, 0.15) is 11.4 Å². The number of ether oxygens (including phenoxy) is 1. The van der Waals surface area contributed by atoms with Gasteiger partial charge >= 0.3 is 0 Å². The molecule has 0 aromatic carbocycles. The fourth-order valence-corrected chi connectivity index (χ4v) is 3.10. The average Bonchev–Trinajstić information content (AvgIpc) is 2.60. The zero-order chi connectivity index (χ0) is 10.9. The van der Waals surface area contributed by atoms with Crippen molar-refractivity contribution in [1.29, 1.82) is 0 Å². The van der Waals surface area contributed by atoms with Crippen molar-refractivity contribution in [2.24, 2.45) is 0 Å². The summed E-state index contributed by atoms with van der Waals surface area (Å²) in [5.74, 6) is 1.44. The number of nitrogens with zero attached hydrogens (tertiary/aromatic N) is 1. The molecule has 2 atom stereocenters. The van der Waals surface area contributed by atoms with E-state index in [9.17, 15) is 5.11 Å². The van der Waals surface area contributed by atoms with Crippen LogP contribution >= 0.6 is 11.8 Å². The first-order valence-corrected chi connectivity index (χ1v) is 6.02. The van der Waals surface area contributed by atoms with Crippen LogP contribution in [0, 0.1) is 0 Å². The summed E-state index contributed by atoms with van der Waals surface area (Å²) in [6, 6.07) is 1.87. The Morgan fingerprint density at radius 1 is 1.60 bits per heavy atom. The molecule has 15 heavy (non-hydrogen) atoms. The summed E-state index contributed by atoms with van der Waals surface area (Å²) >= 11 is 1.79. The fraction of sp³-hybridized carbons (Fsp3) is 0.545. The molecule has 1 aliphatic heterocycles. The van der Waals surface area contributed by atoms with Gasteiger partial charge in [0, 0.05) is 22.8 Å². The van der Waals surface area contributed by atoms with Gasteiger partial charge in [-0.3, -0.25) is 4.98 Å². The number of aromatic nitrogens is 1. The zero-order valence-electron chi connectivity index (χ0n) is 8.93. The monoisotopic (exact) mass is 225 g/mol. The zero-order valence-corrected chi connectivity index (χ0v) is 9.75. The predicted octanol–water partition coefficient (Wildman–Crippen LogP) is 1.80. The van der Waals surface area contributed by atoms with Crippen LogP contribution in [0.1, 0.15) is 18.9 Å². The molecule has 82 valence electrons. The summed E-state index contributed by atoms with van der Waals surface area (Å²) in [5, 5.41) is 10.9. The van der Waals surface area contributed by atoms with Gasteiger partial charge in [-0.2, -0.15) is 11.8 Å². The molecule has 2 rings (SSSR count). The molecule has 1 N–H and O–H groups in total. The van der Waals surface area contributed by atoms with E-state index in [1.165, 1.54) is 0 Å². The Balaban J connectivity index is 2.28. The Kier molecular flexibility index (Phi) is 2.89. The Morgan fingerprint density at radius 2 is 2.40 bits per heavy atom. The minimum absolute atomic E-state index is 0.501. The molecule has 1 aromatic rings. The molecule has 0 saturated carbocycles. The van der Waals surface area contributed by atoms with Crippen LogP contribution < -0.4 is 4.74 Å². The molecule has 4 heteroatoms. The number of aliphatic hydroxyl groups is 1. The summed E-state index contributed by atoms with van der Waals surface area (Å²) in [6.45, 7) is 2.14. The maximum atomic E-state index is 10.4. The first-order chi connectivity index (χ1) is 7.14. The van der Waals surface area contributed by atoms with Gasteiger partial charge in [0.15, 0.2) is 0 Å². The van der Waals surface area contributed by atoms with E-state index < -0.39 is 5.60 Å². The molecule has 0 spiro atoms. The van der Waals surface area contributed by atoms with Crippen molar-refractivity contribution < 1.29 is 9.84 Å². The highest BCUT2D eigenvalue weighted by Crippen LogP contribution is 2.41. The van der Waals surface area contributed by atoms with Crippen molar-refractivity contribution in [2.75, 3.05) is 12.9 Å². The van der Waals surface area contributed by atoms with E-state index in [2.05, 4.69) is 11.9 Å². The SMILES string of the molecule is COc1cncc(C2(O)CSC(C)C2)c1. The second kappa shape index (κ2) is 4.02. The second-order valence-corrected chi connectivity index (χ2v) is 5.40. The Bertz CT molecular complexity index is 358. The van der Waals surface area contributed by atoms with Crippen molar-refractivity contribution in [3.05, 3.63) is 24.0 Å². The molecular formula is C11H15NO2S. The lowest BCUT2D eigenvalue weighted by Gasteiger charge is -2.22. The van der Waals surface area contributed by atoms with E-state index in [0.717, 1.165) is 17.7 Å². The molecule has 2 heterocycles. The topological polar surface area (TPSA) is 42.4 Å². The quantitative estimate of drug-likeness (QED) is 0.833. The number of methoxy groups -OCH3 is 1. The van der Waals surface area contributed by atoms with E-state index >= 15 is 0 Å². The number of thioether (sulfide) groups is 1. The smallest absolute Gasteiger partial charge is 0.137 e. The predicted molar refractivity (Wildman–Crippen MR) is 61.2 cm³/mol. The molecule has 0 amide bonds. The van der Waals surface area contributed by atoms with Crippen LogP contribution in [0.25, 0.3) is 0 Å². The summed E-state index contributed by atoms with van der Waals surface area (Å²) in [5.41, 5.74) is 0.129. The lowest BCUT2D eigenvalue weighted by molar-refractivity contribution is 0.0606. The van der Waals surface area contributed by atoms with Gasteiger partial charge in [0.25, 0.3) is 0 Å². The maximum absolute atomic E-state index is 10.4. The molecule has 1 fully saturated rings. The highest BCUT2D eigenvalue weighted by Gasteiger charge is 2.37. The number of hydrogen-bond acceptors (Lipinski definition) is 4. The summed E-state index contributed by atoms with van der Waals surface area (Å²) in [4.78, 5) is 4.08. The third kappa shape index (κ3) is 2.11. The second-order valence-electron chi connectivity index (χ2n) is 3.97.